The molecule has 1 aromatic carbocycles. The van der Waals surface area contributed by atoms with Gasteiger partial charge in [-0.25, -0.2) is 0 Å². The Balaban J connectivity index is 1.52. The summed E-state index contributed by atoms with van der Waals surface area (Å²) in [7, 11) is 4.20. The zero-order chi connectivity index (χ0) is 18.9. The van der Waals surface area contributed by atoms with Crippen LogP contribution in [0.25, 0.3) is 0 Å². The first-order chi connectivity index (χ1) is 13.1. The Bertz CT molecular complexity index is 779. The lowest BCUT2D eigenvalue weighted by atomic mass is 9.81. The number of fused-ring (bicyclic) bond motifs is 2. The molecule has 1 saturated heterocycles. The summed E-state index contributed by atoms with van der Waals surface area (Å²) in [5.41, 5.74) is 2.42. The molecule has 0 bridgehead atoms. The number of carbonyl (C=O) groups excluding carboxylic acids is 1. The smallest absolute Gasteiger partial charge is 0.149 e. The monoisotopic (exact) mass is 384 g/mol. The number of aldehydes is 1. The van der Waals surface area contributed by atoms with Gasteiger partial charge in [0.15, 0.2) is 0 Å². The topological polar surface area (TPSA) is 32.8 Å². The lowest BCUT2D eigenvalue weighted by Gasteiger charge is -2.45. The summed E-state index contributed by atoms with van der Waals surface area (Å²) in [4.78, 5) is 19.0. The molecular formula is C22H28N2O2S. The molecule has 5 heteroatoms. The highest BCUT2D eigenvalue weighted by Crippen LogP contribution is 2.46. The van der Waals surface area contributed by atoms with Gasteiger partial charge >= 0.3 is 0 Å². The van der Waals surface area contributed by atoms with Crippen LogP contribution in [0.15, 0.2) is 36.4 Å². The molecule has 3 heterocycles. The van der Waals surface area contributed by atoms with Gasteiger partial charge in [0.05, 0.1) is 5.60 Å². The highest BCUT2D eigenvalue weighted by atomic mass is 32.1. The number of carbonyl (C=O) groups is 1. The number of ether oxygens (including phenoxy) is 1. The maximum atomic E-state index is 11.5. The average molecular weight is 385 g/mol. The number of benzene rings is 1. The quantitative estimate of drug-likeness (QED) is 0.740. The highest BCUT2D eigenvalue weighted by Gasteiger charge is 2.44. The van der Waals surface area contributed by atoms with Gasteiger partial charge in [-0.3, -0.25) is 4.90 Å². The molecule has 0 radical (unpaired) electrons. The third-order valence-electron chi connectivity index (χ3n) is 5.65. The second kappa shape index (κ2) is 7.84. The summed E-state index contributed by atoms with van der Waals surface area (Å²) in [5.74, 6) is 0. The Labute approximate surface area is 165 Å². The van der Waals surface area contributed by atoms with E-state index in [0.717, 1.165) is 51.7 Å². The highest BCUT2D eigenvalue weighted by molar-refractivity contribution is 7.12. The van der Waals surface area contributed by atoms with Crippen LogP contribution in [0.1, 0.15) is 33.7 Å². The molecule has 144 valence electrons. The molecule has 4 rings (SSSR count). The van der Waals surface area contributed by atoms with Gasteiger partial charge in [-0.1, -0.05) is 30.3 Å². The maximum Gasteiger partial charge on any atom is 0.149 e. The van der Waals surface area contributed by atoms with Crippen molar-refractivity contribution in [1.29, 1.82) is 0 Å². The first-order valence-electron chi connectivity index (χ1n) is 9.74. The van der Waals surface area contributed by atoms with Crippen molar-refractivity contribution in [2.24, 2.45) is 0 Å². The standard InChI is InChI=1S/C22H28N2O2S/c1-23(2)15-19-13-20-21(27-19)12-18(16-25)26-22(20)8-10-24(11-9-22)14-17-6-4-3-5-7-17/h3-7,13,16,18H,8-12,14-15H2,1-2H3. The Morgan fingerprint density at radius 1 is 1.26 bits per heavy atom. The van der Waals surface area contributed by atoms with E-state index < -0.39 is 0 Å². The van der Waals surface area contributed by atoms with E-state index in [2.05, 4.69) is 60.3 Å². The van der Waals surface area contributed by atoms with Crippen molar-refractivity contribution in [3.8, 4) is 0 Å². The van der Waals surface area contributed by atoms with Crippen molar-refractivity contribution in [3.63, 3.8) is 0 Å². The minimum absolute atomic E-state index is 0.284. The summed E-state index contributed by atoms with van der Waals surface area (Å²) in [6.07, 6.45) is 3.33. The SMILES string of the molecule is CN(C)Cc1cc2c(s1)CC(C=O)OC21CCN(Cc2ccccc2)CC1. The molecule has 0 N–H and O–H groups in total. The number of hydrogen-bond acceptors (Lipinski definition) is 5. The van der Waals surface area contributed by atoms with Crippen molar-refractivity contribution in [3.05, 3.63) is 57.3 Å². The van der Waals surface area contributed by atoms with Gasteiger partial charge < -0.3 is 14.4 Å². The van der Waals surface area contributed by atoms with E-state index in [-0.39, 0.29) is 11.7 Å². The molecule has 1 unspecified atom stereocenters. The van der Waals surface area contributed by atoms with Gasteiger partial charge in [0.1, 0.15) is 12.4 Å². The zero-order valence-electron chi connectivity index (χ0n) is 16.2. The summed E-state index contributed by atoms with van der Waals surface area (Å²) in [5, 5.41) is 0. The molecule has 2 aliphatic heterocycles. The van der Waals surface area contributed by atoms with Gasteiger partial charge in [0.2, 0.25) is 0 Å². The van der Waals surface area contributed by atoms with Gasteiger partial charge in [0, 0.05) is 42.4 Å². The fraction of sp³-hybridized carbons (Fsp3) is 0.500. The summed E-state index contributed by atoms with van der Waals surface area (Å²) >= 11 is 1.86. The molecule has 2 aromatic rings. The van der Waals surface area contributed by atoms with E-state index in [1.807, 2.05) is 11.3 Å². The molecule has 1 fully saturated rings. The van der Waals surface area contributed by atoms with Crippen LogP contribution in [-0.2, 0) is 34.6 Å². The second-order valence-electron chi connectivity index (χ2n) is 8.04. The lowest BCUT2D eigenvalue weighted by Crippen LogP contribution is -2.48. The van der Waals surface area contributed by atoms with Crippen LogP contribution in [0.2, 0.25) is 0 Å². The third-order valence-corrected chi connectivity index (χ3v) is 6.79. The molecule has 2 aliphatic rings. The first-order valence-corrected chi connectivity index (χ1v) is 10.6. The van der Waals surface area contributed by atoms with E-state index in [0.29, 0.717) is 0 Å². The summed E-state index contributed by atoms with van der Waals surface area (Å²) in [6, 6.07) is 13.0. The average Bonchev–Trinajstić information content (AvgIpc) is 3.07. The number of rotatable bonds is 5. The Kier molecular flexibility index (Phi) is 5.46. The van der Waals surface area contributed by atoms with Crippen LogP contribution in [-0.4, -0.2) is 49.4 Å². The van der Waals surface area contributed by atoms with Crippen LogP contribution in [0.3, 0.4) is 0 Å². The molecule has 0 saturated carbocycles. The van der Waals surface area contributed by atoms with Crippen LogP contribution in [0.4, 0.5) is 0 Å². The number of nitrogens with zero attached hydrogens (tertiary/aromatic N) is 2. The second-order valence-corrected chi connectivity index (χ2v) is 9.26. The minimum Gasteiger partial charge on any atom is -0.359 e. The molecule has 1 spiro atoms. The van der Waals surface area contributed by atoms with Gasteiger partial charge in [-0.15, -0.1) is 11.3 Å². The van der Waals surface area contributed by atoms with Crippen LogP contribution in [0, 0.1) is 0 Å². The largest absolute Gasteiger partial charge is 0.359 e. The molecule has 4 nitrogen and oxygen atoms in total. The summed E-state index contributed by atoms with van der Waals surface area (Å²) in [6.45, 7) is 3.92. The summed E-state index contributed by atoms with van der Waals surface area (Å²) < 4.78 is 6.41. The van der Waals surface area contributed by atoms with E-state index >= 15 is 0 Å². The van der Waals surface area contributed by atoms with Crippen LogP contribution in [0.5, 0.6) is 0 Å². The Hall–Kier alpha value is -1.53. The number of likely N-dealkylation sites (tertiary alicyclic amines) is 1. The van der Waals surface area contributed by atoms with Gasteiger partial charge in [-0.05, 0) is 44.1 Å². The predicted molar refractivity (Wildman–Crippen MR) is 109 cm³/mol. The molecule has 1 aromatic heterocycles. The molecule has 0 amide bonds. The Morgan fingerprint density at radius 2 is 2.00 bits per heavy atom. The van der Waals surface area contributed by atoms with Crippen molar-refractivity contribution in [2.75, 3.05) is 27.2 Å². The van der Waals surface area contributed by atoms with E-state index in [1.165, 1.54) is 20.9 Å². The molecule has 0 aliphatic carbocycles. The predicted octanol–water partition coefficient (Wildman–Crippen LogP) is 3.44. The van der Waals surface area contributed by atoms with Crippen molar-refractivity contribution in [2.45, 2.75) is 44.1 Å². The van der Waals surface area contributed by atoms with Crippen molar-refractivity contribution < 1.29 is 9.53 Å². The third kappa shape index (κ3) is 4.02. The minimum atomic E-state index is -0.302. The van der Waals surface area contributed by atoms with Crippen molar-refractivity contribution in [1.82, 2.24) is 9.80 Å². The molecular weight excluding hydrogens is 356 g/mol. The molecule has 1 atom stereocenters. The zero-order valence-corrected chi connectivity index (χ0v) is 17.0. The fourth-order valence-corrected chi connectivity index (χ4v) is 5.78. The van der Waals surface area contributed by atoms with Crippen molar-refractivity contribution >= 4 is 17.6 Å². The van der Waals surface area contributed by atoms with Gasteiger partial charge in [-0.2, -0.15) is 0 Å². The first kappa shape index (κ1) is 18.8. The fourth-order valence-electron chi connectivity index (χ4n) is 4.37. The lowest BCUT2D eigenvalue weighted by molar-refractivity contribution is -0.151. The molecule has 27 heavy (non-hydrogen) atoms. The number of piperidine rings is 1. The normalized spacial score (nSPS) is 22.1. The van der Waals surface area contributed by atoms with Gasteiger partial charge in [0.25, 0.3) is 0 Å². The van der Waals surface area contributed by atoms with E-state index in [1.54, 1.807) is 0 Å². The van der Waals surface area contributed by atoms with E-state index in [9.17, 15) is 4.79 Å². The van der Waals surface area contributed by atoms with E-state index in [4.69, 9.17) is 4.74 Å². The number of thiophene rings is 1. The van der Waals surface area contributed by atoms with Crippen LogP contribution < -0.4 is 0 Å². The van der Waals surface area contributed by atoms with Crippen LogP contribution >= 0.6 is 11.3 Å². The maximum absolute atomic E-state index is 11.5. The Morgan fingerprint density at radius 3 is 2.67 bits per heavy atom. The number of hydrogen-bond donors (Lipinski definition) is 0.